The number of para-hydroxylation sites is 1. The predicted molar refractivity (Wildman–Crippen MR) is 77.8 cm³/mol. The van der Waals surface area contributed by atoms with Gasteiger partial charge in [-0.15, -0.1) is 0 Å². The lowest BCUT2D eigenvalue weighted by molar-refractivity contribution is -0.384. The number of nitrogens with one attached hydrogen (secondary N) is 2. The number of pyridine rings is 1. The second kappa shape index (κ2) is 5.97. The maximum absolute atomic E-state index is 12.2. The van der Waals surface area contributed by atoms with Crippen LogP contribution in [0, 0.1) is 17.0 Å². The van der Waals surface area contributed by atoms with Gasteiger partial charge in [-0.25, -0.2) is 0 Å². The Morgan fingerprint density at radius 3 is 2.71 bits per heavy atom. The van der Waals surface area contributed by atoms with Gasteiger partial charge < -0.3 is 10.7 Å². The molecule has 0 unspecified atom stereocenters. The number of benzene rings is 1. The standard InChI is InChI=1S/C13H13N5O3/c1-8-5-6-15-7-11(8)16-13(19)9-3-2-4-10(17-14)12(9)18(20)21/h2-7,17H,14H2,1H3,(H,16,19). The van der Waals surface area contributed by atoms with Crippen LogP contribution in [0.3, 0.4) is 0 Å². The number of carbonyl (C=O) groups excluding carboxylic acids is 1. The van der Waals surface area contributed by atoms with Crippen molar-refractivity contribution in [2.24, 2.45) is 5.84 Å². The van der Waals surface area contributed by atoms with E-state index in [9.17, 15) is 14.9 Å². The van der Waals surface area contributed by atoms with Gasteiger partial charge in [0.1, 0.15) is 11.3 Å². The first kappa shape index (κ1) is 14.4. The average Bonchev–Trinajstić information content (AvgIpc) is 2.48. The Hall–Kier alpha value is -3.00. The molecular formula is C13H13N5O3. The number of aryl methyl sites for hydroxylation is 1. The lowest BCUT2D eigenvalue weighted by atomic mass is 10.1. The highest BCUT2D eigenvalue weighted by molar-refractivity contribution is 6.08. The highest BCUT2D eigenvalue weighted by Crippen LogP contribution is 2.28. The number of nitrogens with zero attached hydrogens (tertiary/aromatic N) is 2. The largest absolute Gasteiger partial charge is 0.320 e. The van der Waals surface area contributed by atoms with Crippen molar-refractivity contribution in [3.8, 4) is 0 Å². The minimum Gasteiger partial charge on any atom is -0.320 e. The van der Waals surface area contributed by atoms with Crippen LogP contribution in [0.5, 0.6) is 0 Å². The van der Waals surface area contributed by atoms with Gasteiger partial charge in [0.25, 0.3) is 5.91 Å². The van der Waals surface area contributed by atoms with E-state index in [0.29, 0.717) is 5.69 Å². The summed E-state index contributed by atoms with van der Waals surface area (Å²) in [6.45, 7) is 1.80. The molecule has 2 rings (SSSR count). The maximum atomic E-state index is 12.2. The summed E-state index contributed by atoms with van der Waals surface area (Å²) in [6.07, 6.45) is 3.07. The fourth-order valence-corrected chi connectivity index (χ4v) is 1.82. The molecule has 1 aromatic carbocycles. The molecule has 0 radical (unpaired) electrons. The van der Waals surface area contributed by atoms with Crippen LogP contribution < -0.4 is 16.6 Å². The van der Waals surface area contributed by atoms with Crippen LogP contribution >= 0.6 is 0 Å². The van der Waals surface area contributed by atoms with Crippen LogP contribution in [-0.4, -0.2) is 15.8 Å². The van der Waals surface area contributed by atoms with Gasteiger partial charge in [-0.1, -0.05) is 6.07 Å². The van der Waals surface area contributed by atoms with Gasteiger partial charge in [-0.3, -0.25) is 25.7 Å². The summed E-state index contributed by atoms with van der Waals surface area (Å²) in [5.74, 6) is 4.64. The molecule has 108 valence electrons. The molecule has 0 bridgehead atoms. The van der Waals surface area contributed by atoms with E-state index < -0.39 is 10.8 Å². The Morgan fingerprint density at radius 2 is 2.10 bits per heavy atom. The van der Waals surface area contributed by atoms with Crippen molar-refractivity contribution >= 4 is 23.0 Å². The number of nitro groups is 1. The molecule has 2 aromatic rings. The molecule has 8 heteroatoms. The molecule has 1 amide bonds. The second-order valence-corrected chi connectivity index (χ2v) is 4.25. The molecule has 0 spiro atoms. The van der Waals surface area contributed by atoms with Gasteiger partial charge in [0.2, 0.25) is 0 Å². The average molecular weight is 287 g/mol. The van der Waals surface area contributed by atoms with E-state index in [2.05, 4.69) is 15.7 Å². The zero-order valence-corrected chi connectivity index (χ0v) is 11.2. The number of aromatic nitrogens is 1. The van der Waals surface area contributed by atoms with Crippen LogP contribution in [0.1, 0.15) is 15.9 Å². The number of hydrogen-bond donors (Lipinski definition) is 3. The molecule has 4 N–H and O–H groups in total. The molecule has 1 aromatic heterocycles. The van der Waals surface area contributed by atoms with Gasteiger partial charge in [0.15, 0.2) is 0 Å². The third kappa shape index (κ3) is 2.95. The molecule has 0 saturated heterocycles. The van der Waals surface area contributed by atoms with Gasteiger partial charge in [0, 0.05) is 6.20 Å². The molecule has 0 aliphatic rings. The van der Waals surface area contributed by atoms with Crippen LogP contribution in [-0.2, 0) is 0 Å². The van der Waals surface area contributed by atoms with Crippen molar-refractivity contribution in [1.82, 2.24) is 4.98 Å². The summed E-state index contributed by atoms with van der Waals surface area (Å²) in [7, 11) is 0. The monoisotopic (exact) mass is 287 g/mol. The topological polar surface area (TPSA) is 123 Å². The van der Waals surface area contributed by atoms with Gasteiger partial charge in [-0.2, -0.15) is 0 Å². The molecule has 1 heterocycles. The van der Waals surface area contributed by atoms with E-state index in [4.69, 9.17) is 5.84 Å². The van der Waals surface area contributed by atoms with E-state index in [-0.39, 0.29) is 16.9 Å². The molecule has 0 atom stereocenters. The fourth-order valence-electron chi connectivity index (χ4n) is 1.82. The van der Waals surface area contributed by atoms with E-state index in [1.807, 2.05) is 0 Å². The van der Waals surface area contributed by atoms with Crippen molar-refractivity contribution in [2.75, 3.05) is 10.7 Å². The number of nitrogens with two attached hydrogens (primary N) is 1. The quantitative estimate of drug-likeness (QED) is 0.448. The minimum atomic E-state index is -0.653. The zero-order chi connectivity index (χ0) is 15.4. The lowest BCUT2D eigenvalue weighted by Crippen LogP contribution is -2.17. The van der Waals surface area contributed by atoms with Crippen molar-refractivity contribution < 1.29 is 9.72 Å². The number of nitro benzene ring substituents is 1. The normalized spacial score (nSPS) is 10.0. The Morgan fingerprint density at radius 1 is 1.33 bits per heavy atom. The van der Waals surface area contributed by atoms with E-state index in [0.717, 1.165) is 5.56 Å². The number of hydrogen-bond acceptors (Lipinski definition) is 6. The molecule has 0 saturated carbocycles. The Bertz CT molecular complexity index is 702. The molecule has 0 aliphatic heterocycles. The third-order valence-electron chi connectivity index (χ3n) is 2.91. The van der Waals surface area contributed by atoms with Gasteiger partial charge >= 0.3 is 5.69 Å². The molecular weight excluding hydrogens is 274 g/mol. The number of hydrazine groups is 1. The summed E-state index contributed by atoms with van der Waals surface area (Å²) < 4.78 is 0. The minimum absolute atomic E-state index is 0.0653. The summed E-state index contributed by atoms with van der Waals surface area (Å²) in [6, 6.07) is 6.01. The number of amides is 1. The third-order valence-corrected chi connectivity index (χ3v) is 2.91. The molecule has 0 aliphatic carbocycles. The summed E-state index contributed by atoms with van der Waals surface area (Å²) in [4.78, 5) is 26.6. The number of carbonyl (C=O) groups is 1. The first-order valence-electron chi connectivity index (χ1n) is 6.00. The van der Waals surface area contributed by atoms with Crippen molar-refractivity contribution in [1.29, 1.82) is 0 Å². The zero-order valence-electron chi connectivity index (χ0n) is 11.2. The Balaban J connectivity index is 2.40. The van der Waals surface area contributed by atoms with Crippen LogP contribution in [0.4, 0.5) is 17.1 Å². The summed E-state index contributed by atoms with van der Waals surface area (Å²) >= 11 is 0. The fraction of sp³-hybridized carbons (Fsp3) is 0.0769. The summed E-state index contributed by atoms with van der Waals surface area (Å²) in [5.41, 5.74) is 3.11. The first-order chi connectivity index (χ1) is 10.0. The number of rotatable bonds is 4. The highest BCUT2D eigenvalue weighted by Gasteiger charge is 2.24. The predicted octanol–water partition coefficient (Wildman–Crippen LogP) is 1.84. The van der Waals surface area contributed by atoms with E-state index >= 15 is 0 Å². The van der Waals surface area contributed by atoms with Crippen molar-refractivity contribution in [3.63, 3.8) is 0 Å². The highest BCUT2D eigenvalue weighted by atomic mass is 16.6. The van der Waals surface area contributed by atoms with Crippen molar-refractivity contribution in [3.05, 3.63) is 57.9 Å². The maximum Gasteiger partial charge on any atom is 0.306 e. The van der Waals surface area contributed by atoms with Gasteiger partial charge in [0.05, 0.1) is 16.8 Å². The van der Waals surface area contributed by atoms with Crippen molar-refractivity contribution in [2.45, 2.75) is 6.92 Å². The molecule has 8 nitrogen and oxygen atoms in total. The first-order valence-corrected chi connectivity index (χ1v) is 6.00. The Kier molecular flexibility index (Phi) is 4.10. The SMILES string of the molecule is Cc1ccncc1NC(=O)c1cccc(NN)c1[N+](=O)[O-]. The lowest BCUT2D eigenvalue weighted by Gasteiger charge is -2.09. The Labute approximate surface area is 120 Å². The van der Waals surface area contributed by atoms with E-state index in [1.165, 1.54) is 24.4 Å². The summed E-state index contributed by atoms with van der Waals surface area (Å²) in [5, 5.41) is 13.7. The van der Waals surface area contributed by atoms with E-state index in [1.54, 1.807) is 19.2 Å². The smallest absolute Gasteiger partial charge is 0.306 e. The second-order valence-electron chi connectivity index (χ2n) is 4.25. The molecule has 0 fully saturated rings. The van der Waals surface area contributed by atoms with Crippen LogP contribution in [0.15, 0.2) is 36.7 Å². The molecule has 21 heavy (non-hydrogen) atoms. The van der Waals surface area contributed by atoms with Crippen LogP contribution in [0.2, 0.25) is 0 Å². The van der Waals surface area contributed by atoms with Gasteiger partial charge in [-0.05, 0) is 30.7 Å². The van der Waals surface area contributed by atoms with Crippen LogP contribution in [0.25, 0.3) is 0 Å². The number of anilines is 2. The number of nitrogen functional groups attached to an aromatic ring is 1.